The zero-order valence-corrected chi connectivity index (χ0v) is 11.8. The monoisotopic (exact) mass is 268 g/mol. The molecule has 2 rings (SSSR count). The fourth-order valence-electron chi connectivity index (χ4n) is 1.95. The molecule has 0 saturated carbocycles. The molecule has 1 saturated heterocycles. The Labute approximate surface area is 112 Å². The molecule has 1 aromatic heterocycles. The van der Waals surface area contributed by atoms with Crippen molar-refractivity contribution in [3.05, 3.63) is 5.01 Å². The van der Waals surface area contributed by atoms with Crippen molar-refractivity contribution in [2.45, 2.75) is 39.0 Å². The molecule has 0 aromatic carbocycles. The molecule has 1 aliphatic heterocycles. The average molecular weight is 268 g/mol. The van der Waals surface area contributed by atoms with Crippen LogP contribution in [0.25, 0.3) is 0 Å². The van der Waals surface area contributed by atoms with Crippen LogP contribution in [0.1, 0.15) is 44.0 Å². The number of rotatable bonds is 6. The van der Waals surface area contributed by atoms with Crippen molar-refractivity contribution in [2.75, 3.05) is 25.0 Å². The van der Waals surface area contributed by atoms with Gasteiger partial charge in [0, 0.05) is 32.0 Å². The summed E-state index contributed by atoms with van der Waals surface area (Å²) in [5.41, 5.74) is 0. The Morgan fingerprint density at radius 3 is 2.89 bits per heavy atom. The lowest BCUT2D eigenvalue weighted by atomic mass is 10.2. The van der Waals surface area contributed by atoms with Crippen LogP contribution in [-0.2, 0) is 4.79 Å². The first-order valence-corrected chi connectivity index (χ1v) is 7.33. The highest BCUT2D eigenvalue weighted by atomic mass is 32.1. The molecule has 0 spiro atoms. The highest BCUT2D eigenvalue weighted by molar-refractivity contribution is 7.15. The van der Waals surface area contributed by atoms with E-state index < -0.39 is 0 Å². The van der Waals surface area contributed by atoms with Crippen molar-refractivity contribution in [3.63, 3.8) is 0 Å². The molecular weight excluding hydrogens is 248 g/mol. The molecule has 0 radical (unpaired) electrons. The van der Waals surface area contributed by atoms with Gasteiger partial charge in [-0.2, -0.15) is 0 Å². The second-order valence-electron chi connectivity index (χ2n) is 4.86. The number of aromatic nitrogens is 2. The Kier molecular flexibility index (Phi) is 4.52. The van der Waals surface area contributed by atoms with Crippen LogP contribution in [0.2, 0.25) is 0 Å². The third-order valence-electron chi connectivity index (χ3n) is 2.99. The summed E-state index contributed by atoms with van der Waals surface area (Å²) >= 11 is 1.61. The summed E-state index contributed by atoms with van der Waals surface area (Å²) in [6.45, 7) is 6.85. The van der Waals surface area contributed by atoms with E-state index >= 15 is 0 Å². The standard InChI is InChI=1S/C12H20N4OS/c1-9(2)11-14-15-12(18-11)13-6-4-8-16-7-3-5-10(16)17/h9H,3-8H2,1-2H3,(H,13,15). The number of likely N-dealkylation sites (tertiary alicyclic amines) is 1. The molecule has 0 aliphatic carbocycles. The van der Waals surface area contributed by atoms with E-state index in [1.165, 1.54) is 0 Å². The quantitative estimate of drug-likeness (QED) is 0.803. The first-order valence-electron chi connectivity index (χ1n) is 6.52. The molecule has 5 nitrogen and oxygen atoms in total. The van der Waals surface area contributed by atoms with Crippen LogP contribution in [0, 0.1) is 0 Å². The molecule has 1 aromatic rings. The Morgan fingerprint density at radius 2 is 2.28 bits per heavy atom. The van der Waals surface area contributed by atoms with Gasteiger partial charge in [0.15, 0.2) is 0 Å². The van der Waals surface area contributed by atoms with Crippen molar-refractivity contribution in [3.8, 4) is 0 Å². The summed E-state index contributed by atoms with van der Waals surface area (Å²) in [6, 6.07) is 0. The van der Waals surface area contributed by atoms with Crippen LogP contribution in [0.15, 0.2) is 0 Å². The van der Waals surface area contributed by atoms with Crippen LogP contribution in [0.3, 0.4) is 0 Å². The number of hydrogen-bond acceptors (Lipinski definition) is 5. The van der Waals surface area contributed by atoms with Crippen LogP contribution in [0.4, 0.5) is 5.13 Å². The maximum Gasteiger partial charge on any atom is 0.222 e. The van der Waals surface area contributed by atoms with Gasteiger partial charge in [0.05, 0.1) is 0 Å². The second kappa shape index (κ2) is 6.13. The molecule has 1 amide bonds. The summed E-state index contributed by atoms with van der Waals surface area (Å²) in [6.07, 6.45) is 2.70. The minimum atomic E-state index is 0.299. The molecule has 1 N–H and O–H groups in total. The lowest BCUT2D eigenvalue weighted by Crippen LogP contribution is -2.26. The Bertz CT molecular complexity index is 405. The number of anilines is 1. The molecule has 6 heteroatoms. The van der Waals surface area contributed by atoms with E-state index in [9.17, 15) is 4.79 Å². The fraction of sp³-hybridized carbons (Fsp3) is 0.750. The van der Waals surface area contributed by atoms with Gasteiger partial charge in [-0.05, 0) is 12.8 Å². The van der Waals surface area contributed by atoms with Gasteiger partial charge in [0.25, 0.3) is 0 Å². The summed E-state index contributed by atoms with van der Waals surface area (Å²) in [4.78, 5) is 13.3. The van der Waals surface area contributed by atoms with E-state index in [4.69, 9.17) is 0 Å². The zero-order chi connectivity index (χ0) is 13.0. The minimum Gasteiger partial charge on any atom is -0.360 e. The van der Waals surface area contributed by atoms with Crippen LogP contribution in [-0.4, -0.2) is 40.6 Å². The Balaban J connectivity index is 1.67. The molecule has 0 atom stereocenters. The minimum absolute atomic E-state index is 0.299. The zero-order valence-electron chi connectivity index (χ0n) is 11.0. The number of nitrogens with zero attached hydrogens (tertiary/aromatic N) is 3. The number of amides is 1. The fourth-order valence-corrected chi connectivity index (χ4v) is 2.72. The first kappa shape index (κ1) is 13.3. The lowest BCUT2D eigenvalue weighted by Gasteiger charge is -2.14. The van der Waals surface area contributed by atoms with E-state index in [0.29, 0.717) is 11.8 Å². The summed E-state index contributed by atoms with van der Waals surface area (Å²) in [5, 5.41) is 13.4. The molecular formula is C12H20N4OS. The Hall–Kier alpha value is -1.17. The predicted molar refractivity (Wildman–Crippen MR) is 72.9 cm³/mol. The van der Waals surface area contributed by atoms with Crippen LogP contribution in [0.5, 0.6) is 0 Å². The topological polar surface area (TPSA) is 58.1 Å². The maximum absolute atomic E-state index is 11.4. The largest absolute Gasteiger partial charge is 0.360 e. The van der Waals surface area contributed by atoms with Crippen molar-refractivity contribution in [1.29, 1.82) is 0 Å². The normalized spacial score (nSPS) is 15.7. The molecule has 1 aliphatic rings. The number of nitrogens with one attached hydrogen (secondary N) is 1. The summed E-state index contributed by atoms with van der Waals surface area (Å²) in [5.74, 6) is 0.730. The SMILES string of the molecule is CC(C)c1nnc(NCCCN2CCCC2=O)s1. The van der Waals surface area contributed by atoms with Gasteiger partial charge in [-0.25, -0.2) is 0 Å². The molecule has 0 bridgehead atoms. The van der Waals surface area contributed by atoms with E-state index in [0.717, 1.165) is 49.0 Å². The average Bonchev–Trinajstić information content (AvgIpc) is 2.94. The van der Waals surface area contributed by atoms with Gasteiger partial charge in [-0.1, -0.05) is 25.2 Å². The molecule has 100 valence electrons. The molecule has 2 heterocycles. The van der Waals surface area contributed by atoms with Crippen molar-refractivity contribution >= 4 is 22.4 Å². The predicted octanol–water partition coefficient (Wildman–Crippen LogP) is 2.09. The van der Waals surface area contributed by atoms with Crippen molar-refractivity contribution in [1.82, 2.24) is 15.1 Å². The van der Waals surface area contributed by atoms with E-state index in [-0.39, 0.29) is 0 Å². The highest BCUT2D eigenvalue weighted by Gasteiger charge is 2.18. The lowest BCUT2D eigenvalue weighted by molar-refractivity contribution is -0.127. The van der Waals surface area contributed by atoms with Gasteiger partial charge in [-0.3, -0.25) is 4.79 Å². The van der Waals surface area contributed by atoms with Gasteiger partial charge in [0.2, 0.25) is 11.0 Å². The van der Waals surface area contributed by atoms with Crippen molar-refractivity contribution in [2.24, 2.45) is 0 Å². The van der Waals surface area contributed by atoms with Crippen LogP contribution >= 0.6 is 11.3 Å². The molecule has 18 heavy (non-hydrogen) atoms. The third kappa shape index (κ3) is 3.41. The Morgan fingerprint density at radius 1 is 1.44 bits per heavy atom. The maximum atomic E-state index is 11.4. The van der Waals surface area contributed by atoms with Crippen LogP contribution < -0.4 is 5.32 Å². The number of carbonyl (C=O) groups is 1. The van der Waals surface area contributed by atoms with Gasteiger partial charge < -0.3 is 10.2 Å². The van der Waals surface area contributed by atoms with Gasteiger partial charge in [-0.15, -0.1) is 10.2 Å². The molecule has 1 fully saturated rings. The van der Waals surface area contributed by atoms with E-state index in [1.54, 1.807) is 11.3 Å². The van der Waals surface area contributed by atoms with E-state index in [1.807, 2.05) is 4.90 Å². The van der Waals surface area contributed by atoms with Gasteiger partial charge >= 0.3 is 0 Å². The molecule has 0 unspecified atom stereocenters. The second-order valence-corrected chi connectivity index (χ2v) is 5.87. The summed E-state index contributed by atoms with van der Waals surface area (Å²) < 4.78 is 0. The summed E-state index contributed by atoms with van der Waals surface area (Å²) in [7, 11) is 0. The number of hydrogen-bond donors (Lipinski definition) is 1. The number of carbonyl (C=O) groups excluding carboxylic acids is 1. The van der Waals surface area contributed by atoms with Gasteiger partial charge in [0.1, 0.15) is 5.01 Å². The van der Waals surface area contributed by atoms with Crippen molar-refractivity contribution < 1.29 is 4.79 Å². The van der Waals surface area contributed by atoms with E-state index in [2.05, 4.69) is 29.4 Å². The third-order valence-corrected chi connectivity index (χ3v) is 4.17. The highest BCUT2D eigenvalue weighted by Crippen LogP contribution is 2.22. The first-order chi connectivity index (χ1) is 8.66. The smallest absolute Gasteiger partial charge is 0.222 e.